The van der Waals surface area contributed by atoms with Crippen LogP contribution in [-0.4, -0.2) is 40.6 Å². The third-order valence-corrected chi connectivity index (χ3v) is 4.89. The molecule has 2 aromatic rings. The highest BCUT2D eigenvalue weighted by atomic mass is 19.2. The monoisotopic (exact) mass is 363 g/mol. The van der Waals surface area contributed by atoms with E-state index >= 15 is 0 Å². The summed E-state index contributed by atoms with van der Waals surface area (Å²) in [6, 6.07) is 2.55. The van der Waals surface area contributed by atoms with Crippen LogP contribution in [0.15, 0.2) is 24.5 Å². The van der Waals surface area contributed by atoms with Gasteiger partial charge in [0, 0.05) is 37.4 Å². The van der Waals surface area contributed by atoms with E-state index in [2.05, 4.69) is 23.4 Å². The zero-order valence-electron chi connectivity index (χ0n) is 15.2. The molecule has 1 aliphatic rings. The van der Waals surface area contributed by atoms with Gasteiger partial charge in [-0.05, 0) is 38.8 Å². The minimum atomic E-state index is -1.16. The summed E-state index contributed by atoms with van der Waals surface area (Å²) in [5.41, 5.74) is -0.338. The summed E-state index contributed by atoms with van der Waals surface area (Å²) < 4.78 is 34.9. The number of benzene rings is 1. The lowest BCUT2D eigenvalue weighted by Crippen LogP contribution is -2.39. The summed E-state index contributed by atoms with van der Waals surface area (Å²) in [5.74, 6) is -1.44. The van der Waals surface area contributed by atoms with Crippen LogP contribution in [0.3, 0.4) is 0 Å². The Hall–Kier alpha value is -2.44. The van der Waals surface area contributed by atoms with Gasteiger partial charge in [0.1, 0.15) is 17.1 Å². The Morgan fingerprint density at radius 3 is 2.58 bits per heavy atom. The molecule has 1 aromatic carbocycles. The molecule has 0 spiro atoms. The van der Waals surface area contributed by atoms with Crippen molar-refractivity contribution in [1.82, 2.24) is 14.5 Å². The number of aromatic nitrogens is 2. The molecule has 2 heterocycles. The summed E-state index contributed by atoms with van der Waals surface area (Å²) in [6.45, 7) is 5.13. The van der Waals surface area contributed by atoms with Crippen LogP contribution < -0.4 is 4.74 Å². The molecule has 0 N–H and O–H groups in total. The smallest absolute Gasteiger partial charge is 0.260 e. The van der Waals surface area contributed by atoms with Gasteiger partial charge in [0.15, 0.2) is 11.6 Å². The number of piperidine rings is 1. The topological polar surface area (TPSA) is 47.4 Å². The molecule has 1 saturated heterocycles. The Bertz CT molecular complexity index is 796. The van der Waals surface area contributed by atoms with Crippen molar-refractivity contribution in [1.29, 1.82) is 0 Å². The first-order valence-corrected chi connectivity index (χ1v) is 8.78. The Balaban J connectivity index is 1.75. The van der Waals surface area contributed by atoms with E-state index < -0.39 is 17.5 Å². The second kappa shape index (κ2) is 7.43. The fourth-order valence-electron chi connectivity index (χ4n) is 3.48. The molecule has 1 amide bonds. The van der Waals surface area contributed by atoms with Crippen molar-refractivity contribution < 1.29 is 18.3 Å². The average Bonchev–Trinajstić information content (AvgIpc) is 3.13. The number of ether oxygens (including phenoxy) is 1. The van der Waals surface area contributed by atoms with Gasteiger partial charge in [-0.25, -0.2) is 13.8 Å². The first kappa shape index (κ1) is 18.4. The Morgan fingerprint density at radius 2 is 1.96 bits per heavy atom. The number of carbonyl (C=O) groups is 1. The maximum absolute atomic E-state index is 14.2. The number of hydrogen-bond donors (Lipinski definition) is 0. The van der Waals surface area contributed by atoms with Crippen molar-refractivity contribution in [2.24, 2.45) is 0 Å². The van der Waals surface area contributed by atoms with E-state index in [1.165, 1.54) is 13.2 Å². The fraction of sp³-hybridized carbons (Fsp3) is 0.474. The predicted octanol–water partition coefficient (Wildman–Crippen LogP) is 3.77. The van der Waals surface area contributed by atoms with Crippen LogP contribution in [0.1, 0.15) is 54.8 Å². The fourth-order valence-corrected chi connectivity index (χ4v) is 3.48. The molecule has 5 nitrogen and oxygen atoms in total. The molecule has 0 bridgehead atoms. The number of rotatable bonds is 4. The zero-order chi connectivity index (χ0) is 18.8. The maximum atomic E-state index is 14.2. The highest BCUT2D eigenvalue weighted by Crippen LogP contribution is 2.31. The zero-order valence-corrected chi connectivity index (χ0v) is 15.2. The van der Waals surface area contributed by atoms with Crippen molar-refractivity contribution in [3.63, 3.8) is 0 Å². The van der Waals surface area contributed by atoms with Gasteiger partial charge in [-0.3, -0.25) is 4.79 Å². The quantitative estimate of drug-likeness (QED) is 0.831. The van der Waals surface area contributed by atoms with Crippen LogP contribution in [-0.2, 0) is 0 Å². The molecule has 7 heteroatoms. The van der Waals surface area contributed by atoms with Gasteiger partial charge in [-0.1, -0.05) is 0 Å². The first-order chi connectivity index (χ1) is 12.4. The minimum absolute atomic E-state index is 0.0476. The van der Waals surface area contributed by atoms with E-state index in [9.17, 15) is 13.6 Å². The minimum Gasteiger partial charge on any atom is -0.496 e. The lowest BCUT2D eigenvalue weighted by molar-refractivity contribution is 0.0700. The third-order valence-electron chi connectivity index (χ3n) is 4.89. The van der Waals surface area contributed by atoms with Crippen LogP contribution in [0.4, 0.5) is 8.78 Å². The predicted molar refractivity (Wildman–Crippen MR) is 93.4 cm³/mol. The van der Waals surface area contributed by atoms with E-state index in [0.717, 1.165) is 24.7 Å². The van der Waals surface area contributed by atoms with Gasteiger partial charge in [0.2, 0.25) is 0 Å². The Labute approximate surface area is 151 Å². The second-order valence-corrected chi connectivity index (χ2v) is 6.79. The van der Waals surface area contributed by atoms with E-state index in [0.29, 0.717) is 19.1 Å². The van der Waals surface area contributed by atoms with Crippen LogP contribution in [0.25, 0.3) is 0 Å². The molecule has 26 heavy (non-hydrogen) atoms. The lowest BCUT2D eigenvalue weighted by Gasteiger charge is -2.32. The maximum Gasteiger partial charge on any atom is 0.260 e. The van der Waals surface area contributed by atoms with E-state index in [1.54, 1.807) is 11.1 Å². The number of likely N-dealkylation sites (tertiary alicyclic amines) is 1. The average molecular weight is 363 g/mol. The summed E-state index contributed by atoms with van der Waals surface area (Å²) in [7, 11) is 1.33. The Morgan fingerprint density at radius 1 is 1.27 bits per heavy atom. The number of amides is 1. The van der Waals surface area contributed by atoms with E-state index in [-0.39, 0.29) is 17.2 Å². The molecule has 1 aliphatic heterocycles. The van der Waals surface area contributed by atoms with Gasteiger partial charge in [-0.15, -0.1) is 0 Å². The van der Waals surface area contributed by atoms with Crippen molar-refractivity contribution in [3.8, 4) is 5.75 Å². The van der Waals surface area contributed by atoms with E-state index in [4.69, 9.17) is 4.74 Å². The molecule has 0 saturated carbocycles. The SMILES string of the molecule is COc1ccc(F)c(F)c1C(=O)N1CCC(c2nccn2C(C)C)CC1. The van der Waals surface area contributed by atoms with Gasteiger partial charge in [0.05, 0.1) is 7.11 Å². The molecule has 0 radical (unpaired) electrons. The third kappa shape index (κ3) is 3.30. The van der Waals surface area contributed by atoms with Gasteiger partial charge >= 0.3 is 0 Å². The molecular formula is C19H23F2N3O2. The van der Waals surface area contributed by atoms with Crippen molar-refractivity contribution in [2.75, 3.05) is 20.2 Å². The van der Waals surface area contributed by atoms with Gasteiger partial charge in [0.25, 0.3) is 5.91 Å². The first-order valence-electron chi connectivity index (χ1n) is 8.78. The summed E-state index contributed by atoms with van der Waals surface area (Å²) in [4.78, 5) is 18.8. The van der Waals surface area contributed by atoms with Crippen LogP contribution in [0.2, 0.25) is 0 Å². The molecule has 3 rings (SSSR count). The van der Waals surface area contributed by atoms with Gasteiger partial charge < -0.3 is 14.2 Å². The normalized spacial score (nSPS) is 15.5. The Kier molecular flexibility index (Phi) is 5.25. The molecule has 0 atom stereocenters. The molecule has 140 valence electrons. The molecule has 1 fully saturated rings. The molecule has 1 aromatic heterocycles. The number of imidazole rings is 1. The number of methoxy groups -OCH3 is 1. The van der Waals surface area contributed by atoms with Gasteiger partial charge in [-0.2, -0.15) is 0 Å². The summed E-state index contributed by atoms with van der Waals surface area (Å²) >= 11 is 0. The summed E-state index contributed by atoms with van der Waals surface area (Å²) in [6.07, 6.45) is 5.22. The number of halogens is 2. The molecule has 0 aliphatic carbocycles. The summed E-state index contributed by atoms with van der Waals surface area (Å²) in [5, 5.41) is 0. The van der Waals surface area contributed by atoms with Crippen molar-refractivity contribution in [2.45, 2.75) is 38.6 Å². The second-order valence-electron chi connectivity index (χ2n) is 6.79. The van der Waals surface area contributed by atoms with Crippen LogP contribution in [0.5, 0.6) is 5.75 Å². The highest BCUT2D eigenvalue weighted by Gasteiger charge is 2.31. The number of hydrogen-bond acceptors (Lipinski definition) is 3. The van der Waals surface area contributed by atoms with Crippen molar-refractivity contribution in [3.05, 3.63) is 47.5 Å². The number of carbonyl (C=O) groups excluding carboxylic acids is 1. The van der Waals surface area contributed by atoms with E-state index in [1.807, 2.05) is 6.20 Å². The number of nitrogens with zero attached hydrogens (tertiary/aromatic N) is 3. The highest BCUT2D eigenvalue weighted by molar-refractivity contribution is 5.97. The largest absolute Gasteiger partial charge is 0.496 e. The van der Waals surface area contributed by atoms with Crippen molar-refractivity contribution >= 4 is 5.91 Å². The van der Waals surface area contributed by atoms with Crippen LogP contribution >= 0.6 is 0 Å². The molecule has 0 unspecified atom stereocenters. The lowest BCUT2D eigenvalue weighted by atomic mass is 9.95. The standard InChI is InChI=1S/C19H23F2N3O2/c1-12(2)24-11-8-22-18(24)13-6-9-23(10-7-13)19(25)16-15(26-3)5-4-14(20)17(16)21/h4-5,8,11-13H,6-7,9-10H2,1-3H3. The molecular weight excluding hydrogens is 340 g/mol. The van der Waals surface area contributed by atoms with Crippen LogP contribution in [0, 0.1) is 11.6 Å².